The second-order valence-electron chi connectivity index (χ2n) is 8.02. The van der Waals surface area contributed by atoms with E-state index < -0.39 is 23.5 Å². The number of fused-ring (bicyclic) bond motifs is 9. The summed E-state index contributed by atoms with van der Waals surface area (Å²) in [6, 6.07) is 0. The number of aliphatic carboxylic acids is 1. The van der Waals surface area contributed by atoms with Gasteiger partial charge in [0.15, 0.2) is 5.41 Å². The van der Waals surface area contributed by atoms with E-state index >= 15 is 0 Å². The number of rotatable bonds is 1. The van der Waals surface area contributed by atoms with Gasteiger partial charge in [-0.1, -0.05) is 13.8 Å². The first-order valence-corrected chi connectivity index (χ1v) is 8.00. The molecule has 4 aliphatic rings. The number of halogens is 3. The van der Waals surface area contributed by atoms with Crippen LogP contribution in [0.15, 0.2) is 0 Å². The molecule has 9 atom stereocenters. The topological polar surface area (TPSA) is 37.3 Å². The van der Waals surface area contributed by atoms with Crippen molar-refractivity contribution < 1.29 is 23.1 Å². The molecule has 0 amide bonds. The van der Waals surface area contributed by atoms with Gasteiger partial charge in [-0.3, -0.25) is 4.79 Å². The summed E-state index contributed by atoms with van der Waals surface area (Å²) >= 11 is 0. The van der Waals surface area contributed by atoms with Gasteiger partial charge < -0.3 is 5.11 Å². The molecule has 2 nitrogen and oxygen atoms in total. The zero-order valence-electron chi connectivity index (χ0n) is 12.2. The molecule has 4 fully saturated rings. The summed E-state index contributed by atoms with van der Waals surface area (Å²) in [7, 11) is 0. The van der Waals surface area contributed by atoms with E-state index in [0.717, 1.165) is 6.42 Å². The Balaban J connectivity index is 1.76. The molecule has 0 spiro atoms. The molecule has 21 heavy (non-hydrogen) atoms. The lowest BCUT2D eigenvalue weighted by Crippen LogP contribution is -2.54. The summed E-state index contributed by atoms with van der Waals surface area (Å²) in [5.74, 6) is -0.117. The Morgan fingerprint density at radius 2 is 1.67 bits per heavy atom. The largest absolute Gasteiger partial charge is 0.481 e. The van der Waals surface area contributed by atoms with E-state index in [9.17, 15) is 23.1 Å². The van der Waals surface area contributed by atoms with E-state index in [1.807, 2.05) is 0 Å². The minimum absolute atomic E-state index is 0.00215. The van der Waals surface area contributed by atoms with Crippen LogP contribution in [0, 0.1) is 52.8 Å². The molecule has 0 radical (unpaired) electrons. The molecule has 5 heteroatoms. The summed E-state index contributed by atoms with van der Waals surface area (Å²) in [4.78, 5) is 11.6. The number of hydrogen-bond acceptors (Lipinski definition) is 1. The van der Waals surface area contributed by atoms with Crippen LogP contribution >= 0.6 is 0 Å². The van der Waals surface area contributed by atoms with Crippen LogP contribution in [-0.2, 0) is 4.79 Å². The van der Waals surface area contributed by atoms with E-state index in [-0.39, 0.29) is 18.3 Å². The van der Waals surface area contributed by atoms with Gasteiger partial charge in [0.1, 0.15) is 0 Å². The van der Waals surface area contributed by atoms with Gasteiger partial charge in [-0.2, -0.15) is 13.2 Å². The number of alkyl halides is 3. The van der Waals surface area contributed by atoms with Crippen LogP contribution in [-0.4, -0.2) is 17.3 Å². The van der Waals surface area contributed by atoms with E-state index in [4.69, 9.17) is 0 Å². The van der Waals surface area contributed by atoms with Crippen molar-refractivity contribution in [2.45, 2.75) is 39.3 Å². The van der Waals surface area contributed by atoms with Gasteiger partial charge in [0, 0.05) is 0 Å². The predicted octanol–water partition coefficient (Wildman–Crippen LogP) is 3.81. The van der Waals surface area contributed by atoms with E-state index in [1.165, 1.54) is 0 Å². The third kappa shape index (κ3) is 1.35. The number of hydrogen-bond donors (Lipinski definition) is 1. The SMILES string of the molecule is CC1C(C)C2CC1C1C3CC(C21)C(C(=O)O)(C(F)(F)F)C3. The van der Waals surface area contributed by atoms with Gasteiger partial charge in [0.25, 0.3) is 0 Å². The zero-order valence-corrected chi connectivity index (χ0v) is 12.2. The quantitative estimate of drug-likeness (QED) is 0.748. The highest BCUT2D eigenvalue weighted by atomic mass is 19.4. The van der Waals surface area contributed by atoms with Crippen LogP contribution in [0.3, 0.4) is 0 Å². The molecule has 4 aliphatic carbocycles. The average molecular weight is 302 g/mol. The lowest BCUT2D eigenvalue weighted by Gasteiger charge is -2.47. The van der Waals surface area contributed by atoms with Gasteiger partial charge >= 0.3 is 12.1 Å². The van der Waals surface area contributed by atoms with E-state index in [2.05, 4.69) is 13.8 Å². The summed E-state index contributed by atoms with van der Waals surface area (Å²) in [6.45, 7) is 4.37. The molecule has 4 bridgehead atoms. The van der Waals surface area contributed by atoms with Crippen molar-refractivity contribution in [2.24, 2.45) is 52.8 Å². The van der Waals surface area contributed by atoms with Crippen LogP contribution in [0.25, 0.3) is 0 Å². The Labute approximate surface area is 122 Å². The fourth-order valence-electron chi connectivity index (χ4n) is 6.99. The minimum atomic E-state index is -4.63. The second-order valence-corrected chi connectivity index (χ2v) is 8.02. The molecule has 1 N–H and O–H groups in total. The molecule has 118 valence electrons. The highest BCUT2D eigenvalue weighted by Gasteiger charge is 2.78. The molecule has 0 aliphatic heterocycles. The van der Waals surface area contributed by atoms with Gasteiger partial charge in [-0.15, -0.1) is 0 Å². The lowest BCUT2D eigenvalue weighted by atomic mass is 9.57. The standard InChI is InChI=1S/C16H21F3O2/c1-6-7(2)10-4-9(6)12-8-3-11(13(10)12)15(5-8,14(20)21)16(17,18)19/h6-13H,3-5H2,1-2H3,(H,20,21). The van der Waals surface area contributed by atoms with Gasteiger partial charge in [0.2, 0.25) is 0 Å². The number of carboxylic acids is 1. The predicted molar refractivity (Wildman–Crippen MR) is 69.2 cm³/mol. The number of carbonyl (C=O) groups is 1. The Kier molecular flexibility index (Phi) is 2.50. The first-order valence-electron chi connectivity index (χ1n) is 8.00. The molecule has 0 aromatic heterocycles. The fraction of sp³-hybridized carbons (Fsp3) is 0.938. The van der Waals surface area contributed by atoms with Crippen molar-refractivity contribution in [3.8, 4) is 0 Å². The van der Waals surface area contributed by atoms with Crippen molar-refractivity contribution in [1.29, 1.82) is 0 Å². The summed E-state index contributed by atoms with van der Waals surface area (Å²) < 4.78 is 40.9. The Morgan fingerprint density at radius 3 is 2.19 bits per heavy atom. The summed E-state index contributed by atoms with van der Waals surface area (Å²) in [6.07, 6.45) is -3.30. The molecular formula is C16H21F3O2. The maximum atomic E-state index is 13.6. The smallest absolute Gasteiger partial charge is 0.405 e. The van der Waals surface area contributed by atoms with Crippen molar-refractivity contribution in [3.05, 3.63) is 0 Å². The molecule has 0 saturated heterocycles. The lowest BCUT2D eigenvalue weighted by molar-refractivity contribution is -0.255. The van der Waals surface area contributed by atoms with E-state index in [1.54, 1.807) is 0 Å². The second kappa shape index (κ2) is 3.77. The normalized spacial score (nSPS) is 57.8. The van der Waals surface area contributed by atoms with Crippen molar-refractivity contribution in [3.63, 3.8) is 0 Å². The zero-order chi connectivity index (χ0) is 15.3. The van der Waals surface area contributed by atoms with Crippen LogP contribution < -0.4 is 0 Å². The Hall–Kier alpha value is -0.740. The monoisotopic (exact) mass is 302 g/mol. The molecule has 0 heterocycles. The van der Waals surface area contributed by atoms with Crippen LogP contribution in [0.2, 0.25) is 0 Å². The summed E-state index contributed by atoms with van der Waals surface area (Å²) in [5.41, 5.74) is -2.47. The van der Waals surface area contributed by atoms with Crippen LogP contribution in [0.4, 0.5) is 13.2 Å². The first-order chi connectivity index (χ1) is 9.70. The molecule has 9 unspecified atom stereocenters. The molecular weight excluding hydrogens is 281 g/mol. The average Bonchev–Trinajstić information content (AvgIpc) is 3.07. The number of carboxylic acid groups (broad SMARTS) is 1. The van der Waals surface area contributed by atoms with Crippen molar-refractivity contribution in [2.75, 3.05) is 0 Å². The highest BCUT2D eigenvalue weighted by Crippen LogP contribution is 2.76. The highest BCUT2D eigenvalue weighted by molar-refractivity contribution is 5.77. The van der Waals surface area contributed by atoms with Crippen molar-refractivity contribution in [1.82, 2.24) is 0 Å². The van der Waals surface area contributed by atoms with Crippen molar-refractivity contribution >= 4 is 5.97 Å². The van der Waals surface area contributed by atoms with Gasteiger partial charge in [-0.25, -0.2) is 0 Å². The maximum Gasteiger partial charge on any atom is 0.405 e. The van der Waals surface area contributed by atoms with Gasteiger partial charge in [0.05, 0.1) is 0 Å². The maximum absolute atomic E-state index is 13.6. The molecule has 0 aromatic carbocycles. The molecule has 0 aromatic rings. The Morgan fingerprint density at radius 1 is 1.10 bits per heavy atom. The van der Waals surface area contributed by atoms with Crippen LogP contribution in [0.5, 0.6) is 0 Å². The first kappa shape index (κ1) is 13.9. The third-order valence-electron chi connectivity index (χ3n) is 7.83. The minimum Gasteiger partial charge on any atom is -0.481 e. The van der Waals surface area contributed by atoms with Gasteiger partial charge in [-0.05, 0) is 66.6 Å². The molecule has 4 rings (SSSR count). The Bertz CT molecular complexity index is 502. The fourth-order valence-corrected chi connectivity index (χ4v) is 6.99. The van der Waals surface area contributed by atoms with E-state index in [0.29, 0.717) is 36.0 Å². The third-order valence-corrected chi connectivity index (χ3v) is 7.83. The molecule has 4 saturated carbocycles. The summed E-state index contributed by atoms with van der Waals surface area (Å²) in [5, 5.41) is 9.41. The van der Waals surface area contributed by atoms with Crippen LogP contribution in [0.1, 0.15) is 33.1 Å².